The Hall–Kier alpha value is -1.76. The summed E-state index contributed by atoms with van der Waals surface area (Å²) in [6.45, 7) is 0.912. The summed E-state index contributed by atoms with van der Waals surface area (Å²) in [4.78, 5) is 10.1. The second-order valence-electron chi connectivity index (χ2n) is 4.75. The largest absolute Gasteiger partial charge is 0.337 e. The van der Waals surface area contributed by atoms with E-state index < -0.39 is 0 Å². The molecule has 1 N–H and O–H groups in total. The van der Waals surface area contributed by atoms with Crippen LogP contribution < -0.4 is 5.32 Å². The fourth-order valence-corrected chi connectivity index (χ4v) is 3.47. The van der Waals surface area contributed by atoms with Crippen molar-refractivity contribution in [1.29, 1.82) is 0 Å². The molecule has 4 heterocycles. The van der Waals surface area contributed by atoms with Crippen molar-refractivity contribution in [2.24, 2.45) is 0 Å². The van der Waals surface area contributed by atoms with E-state index >= 15 is 0 Å². The number of aromatic nitrogens is 3. The summed E-state index contributed by atoms with van der Waals surface area (Å²) in [6.07, 6.45) is 2.62. The predicted molar refractivity (Wildman–Crippen MR) is 80.4 cm³/mol. The summed E-state index contributed by atoms with van der Waals surface area (Å²) in [6, 6.07) is 5.62. The number of nitrogens with one attached hydrogen (secondary N) is 1. The van der Waals surface area contributed by atoms with Gasteiger partial charge in [-0.3, -0.25) is 4.98 Å². The number of pyridine rings is 1. The maximum atomic E-state index is 5.83. The van der Waals surface area contributed by atoms with E-state index in [-0.39, 0.29) is 6.04 Å². The van der Waals surface area contributed by atoms with Gasteiger partial charge in [-0.05, 0) is 35.6 Å². The average Bonchev–Trinajstić information content (AvgIpc) is 3.16. The van der Waals surface area contributed by atoms with Gasteiger partial charge in [0.25, 0.3) is 0 Å². The molecule has 106 valence electrons. The Morgan fingerprint density at radius 1 is 1.33 bits per heavy atom. The minimum atomic E-state index is -0.0337. The molecular formula is C14H11ClN4OS. The zero-order valence-electron chi connectivity index (χ0n) is 10.9. The fraction of sp³-hybridized carbons (Fsp3) is 0.214. The van der Waals surface area contributed by atoms with Crippen molar-refractivity contribution in [3.8, 4) is 11.5 Å². The van der Waals surface area contributed by atoms with Crippen LogP contribution >= 0.6 is 22.9 Å². The molecule has 0 amide bonds. The summed E-state index contributed by atoms with van der Waals surface area (Å²) >= 11 is 7.61. The Morgan fingerprint density at radius 2 is 2.29 bits per heavy atom. The van der Waals surface area contributed by atoms with Crippen molar-refractivity contribution in [3.63, 3.8) is 0 Å². The Kier molecular flexibility index (Phi) is 3.21. The topological polar surface area (TPSA) is 63.8 Å². The number of thiophene rings is 1. The second kappa shape index (κ2) is 5.22. The van der Waals surface area contributed by atoms with E-state index in [4.69, 9.17) is 16.1 Å². The molecule has 0 fully saturated rings. The zero-order chi connectivity index (χ0) is 14.2. The molecule has 0 spiro atoms. The van der Waals surface area contributed by atoms with Crippen LogP contribution in [0.25, 0.3) is 11.5 Å². The molecule has 0 aliphatic carbocycles. The minimum Gasteiger partial charge on any atom is -0.337 e. The van der Waals surface area contributed by atoms with Crippen molar-refractivity contribution in [2.75, 3.05) is 6.54 Å². The van der Waals surface area contributed by atoms with Gasteiger partial charge >= 0.3 is 0 Å². The molecule has 0 radical (unpaired) electrons. The van der Waals surface area contributed by atoms with Crippen LogP contribution in [0.4, 0.5) is 0 Å². The van der Waals surface area contributed by atoms with Gasteiger partial charge in [0.15, 0.2) is 0 Å². The number of hydrogen-bond acceptors (Lipinski definition) is 6. The third-order valence-electron chi connectivity index (χ3n) is 3.44. The quantitative estimate of drug-likeness (QED) is 0.786. The number of rotatable bonds is 2. The smallest absolute Gasteiger partial charge is 0.248 e. The number of halogens is 1. The molecule has 5 nitrogen and oxygen atoms in total. The van der Waals surface area contributed by atoms with Gasteiger partial charge in [0.05, 0.1) is 5.02 Å². The van der Waals surface area contributed by atoms with Crippen LogP contribution in [-0.4, -0.2) is 21.7 Å². The Balaban J connectivity index is 1.68. The summed E-state index contributed by atoms with van der Waals surface area (Å²) in [7, 11) is 0. The molecule has 1 aliphatic heterocycles. The highest BCUT2D eigenvalue weighted by atomic mass is 35.5. The van der Waals surface area contributed by atoms with E-state index in [1.807, 2.05) is 0 Å². The number of fused-ring (bicyclic) bond motifs is 1. The molecule has 4 rings (SSSR count). The highest BCUT2D eigenvalue weighted by Gasteiger charge is 2.27. The maximum absolute atomic E-state index is 5.83. The van der Waals surface area contributed by atoms with E-state index in [1.165, 1.54) is 10.4 Å². The zero-order valence-corrected chi connectivity index (χ0v) is 12.5. The highest BCUT2D eigenvalue weighted by molar-refractivity contribution is 7.10. The first-order valence-electron chi connectivity index (χ1n) is 6.56. The van der Waals surface area contributed by atoms with Gasteiger partial charge in [-0.25, -0.2) is 0 Å². The minimum absolute atomic E-state index is 0.0337. The monoisotopic (exact) mass is 318 g/mol. The summed E-state index contributed by atoms with van der Waals surface area (Å²) in [5.41, 5.74) is 1.88. The predicted octanol–water partition coefficient (Wildman–Crippen LogP) is 3.08. The van der Waals surface area contributed by atoms with Crippen molar-refractivity contribution >= 4 is 22.9 Å². The molecule has 1 unspecified atom stereocenters. The Bertz CT molecular complexity index is 767. The van der Waals surface area contributed by atoms with Crippen molar-refractivity contribution in [1.82, 2.24) is 20.4 Å². The molecule has 0 saturated heterocycles. The van der Waals surface area contributed by atoms with Gasteiger partial charge in [0.1, 0.15) is 11.7 Å². The Morgan fingerprint density at radius 3 is 3.14 bits per heavy atom. The molecule has 3 aromatic rings. The third kappa shape index (κ3) is 2.35. The SMILES string of the molecule is Clc1ccc(-c2noc(C3NCCc4sccc43)n2)nc1. The van der Waals surface area contributed by atoms with E-state index in [9.17, 15) is 0 Å². The normalized spacial score (nSPS) is 17.7. The maximum Gasteiger partial charge on any atom is 0.248 e. The van der Waals surface area contributed by atoms with Crippen molar-refractivity contribution in [3.05, 3.63) is 51.1 Å². The summed E-state index contributed by atoms with van der Waals surface area (Å²) < 4.78 is 5.42. The van der Waals surface area contributed by atoms with Crippen molar-refractivity contribution in [2.45, 2.75) is 12.5 Å². The molecule has 1 atom stereocenters. The van der Waals surface area contributed by atoms with Crippen LogP contribution in [-0.2, 0) is 6.42 Å². The van der Waals surface area contributed by atoms with Crippen LogP contribution in [0.5, 0.6) is 0 Å². The van der Waals surface area contributed by atoms with Gasteiger partial charge in [-0.2, -0.15) is 4.98 Å². The van der Waals surface area contributed by atoms with Crippen LogP contribution in [0.15, 0.2) is 34.3 Å². The van der Waals surface area contributed by atoms with Crippen LogP contribution in [0, 0.1) is 0 Å². The first kappa shape index (κ1) is 12.9. The van der Waals surface area contributed by atoms with Crippen LogP contribution in [0.2, 0.25) is 5.02 Å². The number of nitrogens with zero attached hydrogens (tertiary/aromatic N) is 3. The molecule has 1 aliphatic rings. The van der Waals surface area contributed by atoms with Gasteiger partial charge < -0.3 is 9.84 Å². The molecule has 7 heteroatoms. The molecule has 21 heavy (non-hydrogen) atoms. The lowest BCUT2D eigenvalue weighted by molar-refractivity contribution is 0.344. The molecule has 0 aromatic carbocycles. The van der Waals surface area contributed by atoms with E-state index in [0.29, 0.717) is 22.4 Å². The van der Waals surface area contributed by atoms with Gasteiger partial charge in [0, 0.05) is 17.6 Å². The third-order valence-corrected chi connectivity index (χ3v) is 4.66. The van der Waals surface area contributed by atoms with E-state index in [0.717, 1.165) is 13.0 Å². The lowest BCUT2D eigenvalue weighted by Gasteiger charge is -2.20. The molecule has 3 aromatic heterocycles. The molecule has 0 saturated carbocycles. The summed E-state index contributed by atoms with van der Waals surface area (Å²) in [5.74, 6) is 1.05. The first-order valence-corrected chi connectivity index (χ1v) is 7.82. The highest BCUT2D eigenvalue weighted by Crippen LogP contribution is 2.31. The first-order chi connectivity index (χ1) is 10.3. The summed E-state index contributed by atoms with van der Waals surface area (Å²) in [5, 5.41) is 10.1. The lowest BCUT2D eigenvalue weighted by atomic mass is 10.0. The second-order valence-corrected chi connectivity index (χ2v) is 6.19. The van der Waals surface area contributed by atoms with Gasteiger partial charge in [-0.15, -0.1) is 11.3 Å². The fourth-order valence-electron chi connectivity index (χ4n) is 2.44. The van der Waals surface area contributed by atoms with E-state index in [2.05, 4.69) is 31.9 Å². The Labute approximate surface area is 130 Å². The number of hydrogen-bond donors (Lipinski definition) is 1. The molecule has 0 bridgehead atoms. The van der Waals surface area contributed by atoms with Gasteiger partial charge in [-0.1, -0.05) is 16.8 Å². The molecular weight excluding hydrogens is 308 g/mol. The lowest BCUT2D eigenvalue weighted by Crippen LogP contribution is -2.29. The average molecular weight is 319 g/mol. The van der Waals surface area contributed by atoms with Gasteiger partial charge in [0.2, 0.25) is 11.7 Å². The van der Waals surface area contributed by atoms with Crippen LogP contribution in [0.3, 0.4) is 0 Å². The van der Waals surface area contributed by atoms with E-state index in [1.54, 1.807) is 29.7 Å². The van der Waals surface area contributed by atoms with Crippen LogP contribution in [0.1, 0.15) is 22.4 Å². The van der Waals surface area contributed by atoms with Crippen molar-refractivity contribution < 1.29 is 4.52 Å². The standard InChI is InChI=1S/C14H11ClN4OS/c15-8-1-2-10(17-7-8)13-18-14(20-19-13)12-9-4-6-21-11(9)3-5-16-12/h1-2,4,6-7,12,16H,3,5H2.